The van der Waals surface area contributed by atoms with Crippen LogP contribution in [-0.2, 0) is 14.3 Å². The zero-order valence-corrected chi connectivity index (χ0v) is 18.8. The Hall–Kier alpha value is -1.79. The minimum atomic E-state index is 0.0121. The van der Waals surface area contributed by atoms with E-state index in [-0.39, 0.29) is 28.9 Å². The third-order valence-electron chi connectivity index (χ3n) is 7.91. The van der Waals surface area contributed by atoms with Crippen molar-refractivity contribution in [1.29, 1.82) is 0 Å². The molecule has 1 aliphatic heterocycles. The van der Waals surface area contributed by atoms with Gasteiger partial charge in [0.15, 0.2) is 11.5 Å². The summed E-state index contributed by atoms with van der Waals surface area (Å²) >= 11 is 0. The Labute approximate surface area is 179 Å². The van der Waals surface area contributed by atoms with Crippen LogP contribution in [0.25, 0.3) is 0 Å². The van der Waals surface area contributed by atoms with Crippen LogP contribution in [0.4, 0.5) is 0 Å². The van der Waals surface area contributed by atoms with E-state index in [9.17, 15) is 4.79 Å². The minimum absolute atomic E-state index is 0.0121. The molecular weight excluding hydrogens is 382 g/mol. The molecule has 0 radical (unpaired) electrons. The number of ether oxygens (including phenoxy) is 4. The molecule has 30 heavy (non-hydrogen) atoms. The van der Waals surface area contributed by atoms with Crippen LogP contribution in [0.1, 0.15) is 51.7 Å². The molecular formula is C24H35NO5. The largest absolute Gasteiger partial charge is 0.493 e. The monoisotopic (exact) mass is 417 g/mol. The lowest BCUT2D eigenvalue weighted by Gasteiger charge is -2.53. The van der Waals surface area contributed by atoms with E-state index in [0.717, 1.165) is 18.4 Å². The molecule has 4 rings (SSSR count). The summed E-state index contributed by atoms with van der Waals surface area (Å²) in [5, 5.41) is 3.33. The summed E-state index contributed by atoms with van der Waals surface area (Å²) in [6, 6.07) is 6.31. The van der Waals surface area contributed by atoms with Gasteiger partial charge in [-0.05, 0) is 59.6 Å². The molecule has 1 N–H and O–H groups in total. The van der Waals surface area contributed by atoms with Crippen LogP contribution >= 0.6 is 0 Å². The van der Waals surface area contributed by atoms with Crippen LogP contribution in [0.2, 0.25) is 0 Å². The van der Waals surface area contributed by atoms with Crippen molar-refractivity contribution in [2.75, 3.05) is 34.0 Å². The lowest BCUT2D eigenvalue weighted by molar-refractivity contribution is -0.136. The highest BCUT2D eigenvalue weighted by atomic mass is 16.5. The molecule has 2 aliphatic carbocycles. The summed E-state index contributed by atoms with van der Waals surface area (Å²) in [5.74, 6) is 2.49. The van der Waals surface area contributed by atoms with E-state index in [1.807, 2.05) is 6.07 Å². The molecule has 1 amide bonds. The molecule has 1 aromatic carbocycles. The normalized spacial score (nSPS) is 33.8. The van der Waals surface area contributed by atoms with Crippen LogP contribution in [-0.4, -0.2) is 46.0 Å². The predicted octanol–water partition coefficient (Wildman–Crippen LogP) is 3.74. The van der Waals surface area contributed by atoms with E-state index in [0.29, 0.717) is 43.2 Å². The molecule has 3 aliphatic rings. The van der Waals surface area contributed by atoms with Gasteiger partial charge < -0.3 is 24.3 Å². The molecule has 2 saturated carbocycles. The standard InChI is InChI=1S/C24H35NO5/c1-15(26)25-22-23(2,3)17-13-18-21(30-9-8-24(18,22)14-17)16-6-7-19(20(12-16)28-5)29-11-10-27-4/h6-7,12,17-18,21-22H,8-11,13-14H2,1-5H3,(H,25,26)/t17-,18-,21-,22+,24-/m1/s1. The number of carbonyl (C=O) groups excluding carboxylic acids is 1. The number of amides is 1. The average Bonchev–Trinajstić information content (AvgIpc) is 3.20. The number of hydrogen-bond donors (Lipinski definition) is 1. The SMILES string of the molecule is COCCOc1ccc([C@H]2OCC[C@@]34C[C@@H](C[C@H]23)C(C)(C)[C@@H]4NC(C)=O)cc1OC. The van der Waals surface area contributed by atoms with Gasteiger partial charge in [0.25, 0.3) is 0 Å². The van der Waals surface area contributed by atoms with Crippen LogP contribution in [0.15, 0.2) is 18.2 Å². The number of rotatable bonds is 7. The smallest absolute Gasteiger partial charge is 0.217 e. The number of hydrogen-bond acceptors (Lipinski definition) is 5. The quantitative estimate of drug-likeness (QED) is 0.685. The lowest BCUT2D eigenvalue weighted by Crippen LogP contribution is -2.58. The fourth-order valence-electron chi connectivity index (χ4n) is 6.54. The molecule has 2 bridgehead atoms. The molecule has 3 fully saturated rings. The van der Waals surface area contributed by atoms with Crippen molar-refractivity contribution in [2.24, 2.45) is 22.7 Å². The molecule has 5 atom stereocenters. The zero-order valence-electron chi connectivity index (χ0n) is 18.8. The number of fused-ring (bicyclic) bond motifs is 1. The zero-order chi connectivity index (χ0) is 21.5. The van der Waals surface area contributed by atoms with Gasteiger partial charge >= 0.3 is 0 Å². The van der Waals surface area contributed by atoms with Gasteiger partial charge in [-0.3, -0.25) is 4.79 Å². The maximum Gasteiger partial charge on any atom is 0.217 e. The van der Waals surface area contributed by atoms with Gasteiger partial charge in [-0.15, -0.1) is 0 Å². The first-order valence-corrected chi connectivity index (χ1v) is 11.0. The third-order valence-corrected chi connectivity index (χ3v) is 7.91. The predicted molar refractivity (Wildman–Crippen MR) is 114 cm³/mol. The van der Waals surface area contributed by atoms with Crippen LogP contribution in [0.3, 0.4) is 0 Å². The molecule has 6 nitrogen and oxygen atoms in total. The molecule has 1 heterocycles. The summed E-state index contributed by atoms with van der Waals surface area (Å²) in [6.45, 7) is 8.01. The Kier molecular flexibility index (Phi) is 5.75. The van der Waals surface area contributed by atoms with Gasteiger partial charge in [0, 0.05) is 26.7 Å². The second-order valence-electron chi connectivity index (χ2n) is 9.72. The fourth-order valence-corrected chi connectivity index (χ4v) is 6.54. The van der Waals surface area contributed by atoms with Gasteiger partial charge in [-0.25, -0.2) is 0 Å². The lowest BCUT2D eigenvalue weighted by atomic mass is 9.59. The number of methoxy groups -OCH3 is 2. The van der Waals surface area contributed by atoms with E-state index in [1.54, 1.807) is 21.1 Å². The van der Waals surface area contributed by atoms with Crippen molar-refractivity contribution in [2.45, 2.75) is 52.2 Å². The second kappa shape index (κ2) is 8.04. The molecule has 0 aromatic heterocycles. The highest BCUT2D eigenvalue weighted by Gasteiger charge is 2.68. The first kappa shape index (κ1) is 21.4. The Balaban J connectivity index is 1.62. The molecule has 1 spiro atoms. The van der Waals surface area contributed by atoms with E-state index in [2.05, 4.69) is 31.3 Å². The summed E-state index contributed by atoms with van der Waals surface area (Å²) in [6.07, 6.45) is 3.33. The van der Waals surface area contributed by atoms with Crippen LogP contribution in [0, 0.1) is 22.7 Å². The maximum atomic E-state index is 12.0. The van der Waals surface area contributed by atoms with E-state index < -0.39 is 0 Å². The fraction of sp³-hybridized carbons (Fsp3) is 0.708. The van der Waals surface area contributed by atoms with E-state index >= 15 is 0 Å². The summed E-state index contributed by atoms with van der Waals surface area (Å²) in [7, 11) is 3.32. The minimum Gasteiger partial charge on any atom is -0.493 e. The van der Waals surface area contributed by atoms with Crippen LogP contribution in [0.5, 0.6) is 11.5 Å². The first-order chi connectivity index (χ1) is 14.3. The van der Waals surface area contributed by atoms with E-state index in [1.165, 1.54) is 6.42 Å². The van der Waals surface area contributed by atoms with Gasteiger partial charge in [-0.2, -0.15) is 0 Å². The second-order valence-corrected chi connectivity index (χ2v) is 9.72. The first-order valence-electron chi connectivity index (χ1n) is 11.0. The summed E-state index contributed by atoms with van der Waals surface area (Å²) < 4.78 is 22.8. The van der Waals surface area contributed by atoms with Crippen LogP contribution < -0.4 is 14.8 Å². The molecule has 166 valence electrons. The average molecular weight is 418 g/mol. The molecule has 6 heteroatoms. The third kappa shape index (κ3) is 3.38. The van der Waals surface area contributed by atoms with Crippen molar-refractivity contribution in [3.63, 3.8) is 0 Å². The topological polar surface area (TPSA) is 66.0 Å². The number of carbonyl (C=O) groups is 1. The molecule has 1 aromatic rings. The molecule has 1 saturated heterocycles. The Bertz CT molecular complexity index is 794. The Morgan fingerprint density at radius 2 is 2.03 bits per heavy atom. The number of nitrogens with one attached hydrogen (secondary N) is 1. The maximum absolute atomic E-state index is 12.0. The van der Waals surface area contributed by atoms with Gasteiger partial charge in [0.2, 0.25) is 5.91 Å². The summed E-state index contributed by atoms with van der Waals surface area (Å²) in [4.78, 5) is 12.0. The Morgan fingerprint density at radius 3 is 2.73 bits per heavy atom. The molecule has 0 unspecified atom stereocenters. The Morgan fingerprint density at radius 1 is 1.23 bits per heavy atom. The van der Waals surface area contributed by atoms with Crippen molar-refractivity contribution < 1.29 is 23.7 Å². The summed E-state index contributed by atoms with van der Waals surface area (Å²) in [5.41, 5.74) is 1.34. The highest BCUT2D eigenvalue weighted by molar-refractivity contribution is 5.73. The van der Waals surface area contributed by atoms with E-state index in [4.69, 9.17) is 18.9 Å². The van der Waals surface area contributed by atoms with Crippen molar-refractivity contribution >= 4 is 5.91 Å². The highest BCUT2D eigenvalue weighted by Crippen LogP contribution is 2.70. The van der Waals surface area contributed by atoms with Gasteiger partial charge in [-0.1, -0.05) is 19.9 Å². The van der Waals surface area contributed by atoms with Crippen molar-refractivity contribution in [1.82, 2.24) is 5.32 Å². The number of benzene rings is 1. The van der Waals surface area contributed by atoms with Gasteiger partial charge in [0.05, 0.1) is 19.8 Å². The van der Waals surface area contributed by atoms with Gasteiger partial charge in [0.1, 0.15) is 6.61 Å². The van der Waals surface area contributed by atoms with Crippen molar-refractivity contribution in [3.8, 4) is 11.5 Å². The van der Waals surface area contributed by atoms with Crippen molar-refractivity contribution in [3.05, 3.63) is 23.8 Å².